The minimum absolute atomic E-state index is 1.02. The van der Waals surface area contributed by atoms with E-state index in [1.54, 1.807) is 0 Å². The monoisotopic (exact) mass is 228 g/mol. The van der Waals surface area contributed by atoms with Crippen LogP contribution in [0.5, 0.6) is 0 Å². The van der Waals surface area contributed by atoms with Crippen LogP contribution in [0, 0.1) is 6.92 Å². The van der Waals surface area contributed by atoms with Crippen LogP contribution >= 0.6 is 0 Å². The molecule has 0 atom stereocenters. The second-order valence-electron chi connectivity index (χ2n) is 5.14. The number of nitrogens with one attached hydrogen (secondary N) is 1. The maximum absolute atomic E-state index is 3.56. The second-order valence-corrected chi connectivity index (χ2v) is 5.14. The third kappa shape index (κ3) is 1.77. The molecular formula is C15H20N2. The fourth-order valence-electron chi connectivity index (χ4n) is 2.96. The highest BCUT2D eigenvalue weighted by atomic mass is 15.0. The maximum Gasteiger partial charge on any atom is 0.0483 e. The van der Waals surface area contributed by atoms with Gasteiger partial charge in [-0.3, -0.25) is 0 Å². The zero-order valence-electron chi connectivity index (χ0n) is 10.7. The Kier molecular flexibility index (Phi) is 2.67. The zero-order valence-corrected chi connectivity index (χ0v) is 10.7. The molecule has 2 heteroatoms. The van der Waals surface area contributed by atoms with E-state index in [4.69, 9.17) is 0 Å². The van der Waals surface area contributed by atoms with Crippen molar-refractivity contribution in [1.29, 1.82) is 0 Å². The summed E-state index contributed by atoms with van der Waals surface area (Å²) < 4.78 is 2.39. The Morgan fingerprint density at radius 3 is 3.00 bits per heavy atom. The third-order valence-electron chi connectivity index (χ3n) is 3.91. The van der Waals surface area contributed by atoms with E-state index in [1.165, 1.54) is 47.0 Å². The Balaban J connectivity index is 2.25. The van der Waals surface area contributed by atoms with Crippen LogP contribution in [0.2, 0.25) is 0 Å². The van der Waals surface area contributed by atoms with Gasteiger partial charge in [-0.05, 0) is 50.4 Å². The summed E-state index contributed by atoms with van der Waals surface area (Å²) in [6, 6.07) is 6.80. The van der Waals surface area contributed by atoms with Crippen molar-refractivity contribution in [3.05, 3.63) is 35.0 Å². The van der Waals surface area contributed by atoms with Crippen molar-refractivity contribution in [1.82, 2.24) is 9.88 Å². The van der Waals surface area contributed by atoms with Gasteiger partial charge >= 0.3 is 0 Å². The van der Waals surface area contributed by atoms with Crippen molar-refractivity contribution in [2.24, 2.45) is 7.05 Å². The minimum Gasteiger partial charge on any atom is -0.347 e. The summed E-state index contributed by atoms with van der Waals surface area (Å²) in [7, 11) is 2.21. The summed E-state index contributed by atoms with van der Waals surface area (Å²) in [6.07, 6.45) is 3.81. The topological polar surface area (TPSA) is 17.0 Å². The first kappa shape index (κ1) is 10.8. The Morgan fingerprint density at radius 2 is 2.12 bits per heavy atom. The highest BCUT2D eigenvalue weighted by molar-refractivity contribution is 5.86. The summed E-state index contributed by atoms with van der Waals surface area (Å²) in [5.74, 6) is 0. The summed E-state index contributed by atoms with van der Waals surface area (Å²) in [5.41, 5.74) is 5.78. The largest absolute Gasteiger partial charge is 0.347 e. The Hall–Kier alpha value is -1.28. The summed E-state index contributed by atoms with van der Waals surface area (Å²) in [6.45, 7) is 4.35. The van der Waals surface area contributed by atoms with Crippen LogP contribution in [0.25, 0.3) is 10.9 Å². The molecule has 90 valence electrons. The molecule has 2 aromatic rings. The molecule has 0 saturated heterocycles. The maximum atomic E-state index is 3.56. The van der Waals surface area contributed by atoms with E-state index in [1.807, 2.05) is 0 Å². The predicted octanol–water partition coefficient (Wildman–Crippen LogP) is 2.91. The molecular weight excluding hydrogens is 208 g/mol. The number of hydrogen-bond acceptors (Lipinski definition) is 1. The lowest BCUT2D eigenvalue weighted by molar-refractivity contribution is 0.587. The molecule has 1 N–H and O–H groups in total. The molecule has 0 bridgehead atoms. The molecule has 0 aliphatic carbocycles. The van der Waals surface area contributed by atoms with Crippen LogP contribution < -0.4 is 5.32 Å². The number of aryl methyl sites for hydroxylation is 2. The minimum atomic E-state index is 1.02. The predicted molar refractivity (Wildman–Crippen MR) is 72.3 cm³/mol. The molecule has 2 heterocycles. The molecule has 3 rings (SSSR count). The van der Waals surface area contributed by atoms with E-state index in [0.717, 1.165) is 13.1 Å². The van der Waals surface area contributed by atoms with Gasteiger partial charge in [0.05, 0.1) is 0 Å². The highest BCUT2D eigenvalue weighted by Gasteiger charge is 2.15. The summed E-state index contributed by atoms with van der Waals surface area (Å²) >= 11 is 0. The molecule has 0 fully saturated rings. The van der Waals surface area contributed by atoms with E-state index >= 15 is 0 Å². The fourth-order valence-corrected chi connectivity index (χ4v) is 2.96. The van der Waals surface area contributed by atoms with Crippen LogP contribution in [0.1, 0.15) is 29.7 Å². The van der Waals surface area contributed by atoms with Crippen molar-refractivity contribution < 1.29 is 0 Å². The van der Waals surface area contributed by atoms with Crippen LogP contribution in [0.4, 0.5) is 0 Å². The zero-order chi connectivity index (χ0) is 11.8. The molecule has 0 saturated carbocycles. The molecule has 0 unspecified atom stereocenters. The van der Waals surface area contributed by atoms with Crippen LogP contribution in [-0.2, 0) is 20.0 Å². The van der Waals surface area contributed by atoms with Gasteiger partial charge in [0, 0.05) is 30.2 Å². The number of nitrogens with zero attached hydrogens (tertiary/aromatic N) is 1. The first-order chi connectivity index (χ1) is 8.27. The lowest BCUT2D eigenvalue weighted by atomic mass is 10.0. The summed E-state index contributed by atoms with van der Waals surface area (Å²) in [4.78, 5) is 0. The van der Waals surface area contributed by atoms with Gasteiger partial charge in [-0.1, -0.05) is 11.6 Å². The number of hydrogen-bond donors (Lipinski definition) is 1. The Bertz CT molecular complexity index is 552. The SMILES string of the molecule is Cc1ccc2c(c1)c1c(n2C)CCCCNC1. The van der Waals surface area contributed by atoms with Crippen molar-refractivity contribution in [2.75, 3.05) is 6.54 Å². The van der Waals surface area contributed by atoms with Gasteiger partial charge in [0.2, 0.25) is 0 Å². The van der Waals surface area contributed by atoms with Crippen molar-refractivity contribution in [3.8, 4) is 0 Å². The van der Waals surface area contributed by atoms with Gasteiger partial charge in [0.25, 0.3) is 0 Å². The van der Waals surface area contributed by atoms with E-state index in [0.29, 0.717) is 0 Å². The van der Waals surface area contributed by atoms with Gasteiger partial charge < -0.3 is 9.88 Å². The number of aromatic nitrogens is 1. The molecule has 0 spiro atoms. The first-order valence-electron chi connectivity index (χ1n) is 6.55. The van der Waals surface area contributed by atoms with E-state index < -0.39 is 0 Å². The van der Waals surface area contributed by atoms with Crippen LogP contribution in [0.3, 0.4) is 0 Å². The Labute approximate surface area is 103 Å². The molecule has 1 aliphatic rings. The van der Waals surface area contributed by atoms with Gasteiger partial charge in [0.15, 0.2) is 0 Å². The molecule has 1 aromatic carbocycles. The average molecular weight is 228 g/mol. The van der Waals surface area contributed by atoms with E-state index in [-0.39, 0.29) is 0 Å². The molecule has 17 heavy (non-hydrogen) atoms. The smallest absolute Gasteiger partial charge is 0.0483 e. The normalized spacial score (nSPS) is 16.6. The van der Waals surface area contributed by atoms with Crippen LogP contribution in [0.15, 0.2) is 18.2 Å². The van der Waals surface area contributed by atoms with E-state index in [2.05, 4.69) is 42.1 Å². The first-order valence-corrected chi connectivity index (χ1v) is 6.55. The van der Waals surface area contributed by atoms with Crippen molar-refractivity contribution >= 4 is 10.9 Å². The Morgan fingerprint density at radius 1 is 1.24 bits per heavy atom. The van der Waals surface area contributed by atoms with E-state index in [9.17, 15) is 0 Å². The average Bonchev–Trinajstić information content (AvgIpc) is 2.50. The van der Waals surface area contributed by atoms with Gasteiger partial charge in [0.1, 0.15) is 0 Å². The molecule has 1 aliphatic heterocycles. The fraction of sp³-hybridized carbons (Fsp3) is 0.467. The number of rotatable bonds is 0. The highest BCUT2D eigenvalue weighted by Crippen LogP contribution is 2.28. The molecule has 1 aromatic heterocycles. The van der Waals surface area contributed by atoms with Crippen molar-refractivity contribution in [3.63, 3.8) is 0 Å². The van der Waals surface area contributed by atoms with Crippen LogP contribution in [-0.4, -0.2) is 11.1 Å². The number of benzene rings is 1. The van der Waals surface area contributed by atoms with Gasteiger partial charge in [-0.25, -0.2) is 0 Å². The lowest BCUT2D eigenvalue weighted by Crippen LogP contribution is -2.18. The quantitative estimate of drug-likeness (QED) is 0.733. The van der Waals surface area contributed by atoms with Crippen molar-refractivity contribution in [2.45, 2.75) is 32.7 Å². The second kappa shape index (κ2) is 4.19. The van der Waals surface area contributed by atoms with Gasteiger partial charge in [-0.2, -0.15) is 0 Å². The molecule has 0 radical (unpaired) electrons. The lowest BCUT2D eigenvalue weighted by Gasteiger charge is -2.13. The van der Waals surface area contributed by atoms with Gasteiger partial charge in [-0.15, -0.1) is 0 Å². The standard InChI is InChI=1S/C15H20N2/c1-11-6-7-15-12(9-11)13-10-16-8-4-3-5-14(13)17(15)2/h6-7,9,16H,3-5,8,10H2,1-2H3. The molecule has 2 nitrogen and oxygen atoms in total. The third-order valence-corrected chi connectivity index (χ3v) is 3.91. The summed E-state index contributed by atoms with van der Waals surface area (Å²) in [5, 5.41) is 5.00. The molecule has 0 amide bonds. The number of fused-ring (bicyclic) bond motifs is 3.